The Morgan fingerprint density at radius 1 is 1.13 bits per heavy atom. The minimum atomic E-state index is -4.18. The van der Waals surface area contributed by atoms with E-state index in [1.807, 2.05) is 0 Å². The summed E-state index contributed by atoms with van der Waals surface area (Å²) in [7, 11) is -4.18. The maximum atomic E-state index is 13.2. The van der Waals surface area contributed by atoms with Gasteiger partial charge >= 0.3 is 5.69 Å². The summed E-state index contributed by atoms with van der Waals surface area (Å²) in [5, 5.41) is 0. The topological polar surface area (TPSA) is 98.0 Å². The molecule has 3 rings (SSSR count). The number of hydrogen-bond acceptors (Lipinski definition) is 4. The number of hydrogen-bond donors (Lipinski definition) is 2. The SMILES string of the molecule is Cc1cc2[nH]c(=O)n(S(=O)(=O)c3ccc(F)cc3C)c2cc1N. The summed E-state index contributed by atoms with van der Waals surface area (Å²) >= 11 is 0. The summed E-state index contributed by atoms with van der Waals surface area (Å²) in [5.74, 6) is -0.549. The Kier molecular flexibility index (Phi) is 3.29. The van der Waals surface area contributed by atoms with Gasteiger partial charge in [0.15, 0.2) is 0 Å². The van der Waals surface area contributed by atoms with E-state index in [9.17, 15) is 17.6 Å². The van der Waals surface area contributed by atoms with Gasteiger partial charge in [-0.3, -0.25) is 0 Å². The second-order valence-electron chi connectivity index (χ2n) is 5.34. The molecule has 0 aliphatic carbocycles. The predicted molar refractivity (Wildman–Crippen MR) is 85.4 cm³/mol. The number of aromatic amines is 1. The van der Waals surface area contributed by atoms with Crippen LogP contribution in [0.5, 0.6) is 0 Å². The molecule has 23 heavy (non-hydrogen) atoms. The van der Waals surface area contributed by atoms with E-state index < -0.39 is 21.5 Å². The molecule has 6 nitrogen and oxygen atoms in total. The van der Waals surface area contributed by atoms with Crippen LogP contribution in [0.4, 0.5) is 10.1 Å². The molecule has 0 unspecified atom stereocenters. The number of aromatic nitrogens is 2. The van der Waals surface area contributed by atoms with E-state index in [1.165, 1.54) is 13.0 Å². The van der Waals surface area contributed by atoms with Gasteiger partial charge < -0.3 is 10.7 Å². The first-order valence-corrected chi connectivity index (χ1v) is 8.18. The molecule has 0 aliphatic heterocycles. The van der Waals surface area contributed by atoms with Crippen LogP contribution in [0.25, 0.3) is 11.0 Å². The van der Waals surface area contributed by atoms with E-state index in [-0.39, 0.29) is 16.0 Å². The Hall–Kier alpha value is -2.61. The minimum absolute atomic E-state index is 0.138. The molecular formula is C15H14FN3O3S. The highest BCUT2D eigenvalue weighted by Crippen LogP contribution is 2.24. The van der Waals surface area contributed by atoms with Crippen LogP contribution < -0.4 is 11.4 Å². The number of aryl methyl sites for hydroxylation is 2. The maximum absolute atomic E-state index is 13.2. The standard InChI is InChI=1S/C15H14FN3O3S/c1-8-6-12-13(7-11(8)17)19(15(20)18-12)23(21,22)14-4-3-10(16)5-9(14)2/h3-7H,17H2,1-2H3,(H,18,20). The van der Waals surface area contributed by atoms with Crippen molar-refractivity contribution < 1.29 is 12.8 Å². The molecule has 120 valence electrons. The van der Waals surface area contributed by atoms with Crippen molar-refractivity contribution in [2.75, 3.05) is 5.73 Å². The molecule has 3 N–H and O–H groups in total. The zero-order chi connectivity index (χ0) is 16.9. The fraction of sp³-hybridized carbons (Fsp3) is 0.133. The number of nitrogens with two attached hydrogens (primary N) is 1. The number of rotatable bonds is 2. The molecular weight excluding hydrogens is 321 g/mol. The van der Waals surface area contributed by atoms with E-state index in [2.05, 4.69) is 4.98 Å². The molecule has 0 amide bonds. The Bertz CT molecular complexity index is 1100. The molecule has 0 fully saturated rings. The summed E-state index contributed by atoms with van der Waals surface area (Å²) in [6.45, 7) is 3.22. The number of imidazole rings is 1. The van der Waals surface area contributed by atoms with Gasteiger partial charge in [-0.1, -0.05) is 0 Å². The molecule has 1 aromatic heterocycles. The molecule has 0 bridgehead atoms. The third-order valence-corrected chi connectivity index (χ3v) is 5.54. The van der Waals surface area contributed by atoms with Crippen LogP contribution >= 0.6 is 0 Å². The second kappa shape index (κ2) is 4.95. The number of anilines is 1. The summed E-state index contributed by atoms with van der Waals surface area (Å²) in [6, 6.07) is 6.32. The Balaban J connectivity index is 2.37. The normalized spacial score (nSPS) is 12.0. The lowest BCUT2D eigenvalue weighted by Crippen LogP contribution is -2.25. The van der Waals surface area contributed by atoms with E-state index in [0.29, 0.717) is 15.2 Å². The van der Waals surface area contributed by atoms with Crippen LogP contribution in [0.15, 0.2) is 40.0 Å². The highest BCUT2D eigenvalue weighted by Gasteiger charge is 2.25. The smallest absolute Gasteiger partial charge is 0.340 e. The molecule has 0 atom stereocenters. The van der Waals surface area contributed by atoms with Crippen LogP contribution in [-0.4, -0.2) is 17.4 Å². The first-order valence-electron chi connectivity index (χ1n) is 6.74. The molecule has 0 radical (unpaired) electrons. The lowest BCUT2D eigenvalue weighted by molar-refractivity contribution is 0.585. The maximum Gasteiger partial charge on any atom is 0.340 e. The summed E-state index contributed by atoms with van der Waals surface area (Å²) in [6.07, 6.45) is 0. The lowest BCUT2D eigenvalue weighted by Gasteiger charge is -2.09. The van der Waals surface area contributed by atoms with Crippen molar-refractivity contribution in [2.24, 2.45) is 0 Å². The van der Waals surface area contributed by atoms with Crippen molar-refractivity contribution in [3.63, 3.8) is 0 Å². The monoisotopic (exact) mass is 335 g/mol. The van der Waals surface area contributed by atoms with Crippen LogP contribution in [0.3, 0.4) is 0 Å². The largest absolute Gasteiger partial charge is 0.398 e. The molecule has 0 saturated carbocycles. The number of nitrogens with one attached hydrogen (secondary N) is 1. The fourth-order valence-corrected chi connectivity index (χ4v) is 4.07. The van der Waals surface area contributed by atoms with Gasteiger partial charge in [-0.2, -0.15) is 3.97 Å². The molecule has 0 spiro atoms. The predicted octanol–water partition coefficient (Wildman–Crippen LogP) is 1.90. The zero-order valence-electron chi connectivity index (χ0n) is 12.4. The number of benzene rings is 2. The van der Waals surface area contributed by atoms with E-state index >= 15 is 0 Å². The molecule has 2 aromatic carbocycles. The first kappa shape index (κ1) is 15.3. The van der Waals surface area contributed by atoms with Crippen LogP contribution in [-0.2, 0) is 10.0 Å². The number of fused-ring (bicyclic) bond motifs is 1. The molecule has 0 saturated heterocycles. The van der Waals surface area contributed by atoms with Crippen molar-refractivity contribution in [1.82, 2.24) is 8.96 Å². The van der Waals surface area contributed by atoms with Gasteiger partial charge in [0.05, 0.1) is 15.9 Å². The molecule has 8 heteroatoms. The van der Waals surface area contributed by atoms with E-state index in [1.54, 1.807) is 13.0 Å². The van der Waals surface area contributed by atoms with Gasteiger partial charge in [0.2, 0.25) is 0 Å². The number of nitrogens with zero attached hydrogens (tertiary/aromatic N) is 1. The van der Waals surface area contributed by atoms with E-state index in [0.717, 1.165) is 23.8 Å². The Morgan fingerprint density at radius 2 is 1.83 bits per heavy atom. The molecule has 1 heterocycles. The first-order chi connectivity index (χ1) is 10.7. The van der Waals surface area contributed by atoms with Crippen molar-refractivity contribution in [3.8, 4) is 0 Å². The summed E-state index contributed by atoms with van der Waals surface area (Å²) in [4.78, 5) is 14.5. The average Bonchev–Trinajstić information content (AvgIpc) is 2.74. The van der Waals surface area contributed by atoms with Gasteiger partial charge in [0.1, 0.15) is 5.82 Å². The summed E-state index contributed by atoms with van der Waals surface area (Å²) < 4.78 is 39.5. The van der Waals surface area contributed by atoms with Crippen molar-refractivity contribution >= 4 is 26.7 Å². The molecule has 3 aromatic rings. The van der Waals surface area contributed by atoms with Crippen LogP contribution in [0.2, 0.25) is 0 Å². The quantitative estimate of drug-likeness (QED) is 0.699. The van der Waals surface area contributed by atoms with E-state index in [4.69, 9.17) is 5.73 Å². The lowest BCUT2D eigenvalue weighted by atomic mass is 10.2. The minimum Gasteiger partial charge on any atom is -0.398 e. The molecule has 0 aliphatic rings. The van der Waals surface area contributed by atoms with Gasteiger partial charge in [0, 0.05) is 5.69 Å². The summed E-state index contributed by atoms with van der Waals surface area (Å²) in [5.41, 5.74) is 6.85. The van der Waals surface area contributed by atoms with Gasteiger partial charge in [-0.15, -0.1) is 0 Å². The zero-order valence-corrected chi connectivity index (χ0v) is 13.2. The van der Waals surface area contributed by atoms with Crippen LogP contribution in [0, 0.1) is 19.7 Å². The Morgan fingerprint density at radius 3 is 2.48 bits per heavy atom. The van der Waals surface area contributed by atoms with Gasteiger partial charge in [0.25, 0.3) is 10.0 Å². The van der Waals surface area contributed by atoms with Crippen molar-refractivity contribution in [1.29, 1.82) is 0 Å². The van der Waals surface area contributed by atoms with Crippen molar-refractivity contribution in [3.05, 3.63) is 57.8 Å². The fourth-order valence-electron chi connectivity index (χ4n) is 2.50. The number of halogens is 1. The third kappa shape index (κ3) is 2.31. The van der Waals surface area contributed by atoms with Gasteiger partial charge in [-0.25, -0.2) is 17.6 Å². The number of nitrogen functional groups attached to an aromatic ring is 1. The number of H-pyrrole nitrogens is 1. The highest BCUT2D eigenvalue weighted by molar-refractivity contribution is 7.90. The van der Waals surface area contributed by atoms with Crippen LogP contribution in [0.1, 0.15) is 11.1 Å². The third-order valence-electron chi connectivity index (χ3n) is 3.68. The highest BCUT2D eigenvalue weighted by atomic mass is 32.2. The van der Waals surface area contributed by atoms with Crippen molar-refractivity contribution in [2.45, 2.75) is 18.7 Å². The second-order valence-corrected chi connectivity index (χ2v) is 7.09. The van der Waals surface area contributed by atoms with Gasteiger partial charge in [-0.05, 0) is 55.3 Å². The Labute approximate surface area is 131 Å². The average molecular weight is 335 g/mol.